The Labute approximate surface area is 162 Å². The van der Waals surface area contributed by atoms with Crippen molar-refractivity contribution >= 4 is 39.0 Å². The highest BCUT2D eigenvalue weighted by Crippen LogP contribution is 2.36. The Morgan fingerprint density at radius 2 is 1.70 bits per heavy atom. The predicted molar refractivity (Wildman–Crippen MR) is 104 cm³/mol. The molecule has 0 amide bonds. The lowest BCUT2D eigenvalue weighted by Crippen LogP contribution is -3.00. The highest BCUT2D eigenvalue weighted by atomic mass is 35.5. The number of pyridine rings is 1. The Balaban J connectivity index is 0.00000210. The van der Waals surface area contributed by atoms with E-state index in [0.717, 1.165) is 38.4 Å². The Morgan fingerprint density at radius 1 is 1.00 bits per heavy atom. The molecule has 5 nitrogen and oxygen atoms in total. The maximum atomic E-state index is 11.1. The molecule has 4 rings (SSSR count). The summed E-state index contributed by atoms with van der Waals surface area (Å²) in [5.74, 6) is -0.941. The molecule has 0 aliphatic rings. The number of hydrogen-bond acceptors (Lipinski definition) is 3. The van der Waals surface area contributed by atoms with E-state index in [-0.39, 0.29) is 18.0 Å². The molecule has 0 saturated carbocycles. The number of anilines is 2. The van der Waals surface area contributed by atoms with Gasteiger partial charge in [-0.2, -0.15) is 0 Å². The second-order valence-corrected chi connectivity index (χ2v) is 6.40. The molecule has 0 saturated heterocycles. The summed E-state index contributed by atoms with van der Waals surface area (Å²) in [5.41, 5.74) is 17.9. The molecule has 0 aliphatic carbocycles. The summed E-state index contributed by atoms with van der Waals surface area (Å²) in [6.45, 7) is 2.05. The number of aromatic amines is 1. The fourth-order valence-electron chi connectivity index (χ4n) is 3.46. The molecule has 4 aromatic rings. The van der Waals surface area contributed by atoms with Crippen LogP contribution >= 0.6 is 0 Å². The highest BCUT2D eigenvalue weighted by Gasteiger charge is 2.16. The first-order valence-corrected chi connectivity index (χ1v) is 8.22. The van der Waals surface area contributed by atoms with Crippen molar-refractivity contribution in [3.63, 3.8) is 0 Å². The number of nitrogen functional groups attached to an aromatic ring is 2. The van der Waals surface area contributed by atoms with Gasteiger partial charge in [0, 0.05) is 22.8 Å². The molecule has 6 heteroatoms. The van der Waals surface area contributed by atoms with Crippen LogP contribution in [0.1, 0.15) is 15.9 Å². The van der Waals surface area contributed by atoms with E-state index >= 15 is 0 Å². The van der Waals surface area contributed by atoms with Gasteiger partial charge in [-0.3, -0.25) is 0 Å². The molecule has 27 heavy (non-hydrogen) atoms. The molecule has 136 valence electrons. The Bertz CT molecular complexity index is 1190. The van der Waals surface area contributed by atoms with Gasteiger partial charge in [-0.1, -0.05) is 12.1 Å². The van der Waals surface area contributed by atoms with Gasteiger partial charge >= 0.3 is 5.97 Å². The minimum atomic E-state index is -0.941. The standard InChI is InChI=1S/C21H17N3O2.ClH/c1-11-15(12-2-4-13(5-3-12)21(25)26)9-18(23)17-10-24-19-7-6-14(22)8-16(19)20(11)17;/h2-10H,22-23H2,1H3,(H,25,26);1H. The van der Waals surface area contributed by atoms with E-state index in [9.17, 15) is 4.79 Å². The van der Waals surface area contributed by atoms with Gasteiger partial charge in [0.15, 0.2) is 6.20 Å². The van der Waals surface area contributed by atoms with Gasteiger partial charge in [0.05, 0.1) is 16.3 Å². The first-order chi connectivity index (χ1) is 12.5. The minimum absolute atomic E-state index is 0. The number of nitrogens with two attached hydrogens (primary N) is 2. The molecule has 6 N–H and O–H groups in total. The topological polar surface area (TPSA) is 103 Å². The average molecular weight is 380 g/mol. The quantitative estimate of drug-likeness (QED) is 0.351. The Kier molecular flexibility index (Phi) is 4.64. The van der Waals surface area contributed by atoms with E-state index in [2.05, 4.69) is 4.98 Å². The van der Waals surface area contributed by atoms with Crippen LogP contribution in [-0.4, -0.2) is 11.1 Å². The molecular formula is C21H18ClN3O2. The van der Waals surface area contributed by atoms with Crippen LogP contribution in [0.4, 0.5) is 11.4 Å². The Hall–Kier alpha value is -3.31. The molecule has 3 aromatic carbocycles. The van der Waals surface area contributed by atoms with Crippen molar-refractivity contribution in [2.45, 2.75) is 6.92 Å². The third-order valence-electron chi connectivity index (χ3n) is 4.79. The van der Waals surface area contributed by atoms with Gasteiger partial charge in [-0.15, -0.1) is 0 Å². The lowest BCUT2D eigenvalue weighted by molar-refractivity contribution is -0.342. The van der Waals surface area contributed by atoms with Crippen molar-refractivity contribution in [2.24, 2.45) is 0 Å². The van der Waals surface area contributed by atoms with Crippen molar-refractivity contribution in [2.75, 3.05) is 11.5 Å². The average Bonchev–Trinajstić information content (AvgIpc) is 2.64. The molecule has 1 aromatic heterocycles. The van der Waals surface area contributed by atoms with Gasteiger partial charge < -0.3 is 29.0 Å². The summed E-state index contributed by atoms with van der Waals surface area (Å²) in [6, 6.07) is 14.5. The lowest BCUT2D eigenvalue weighted by atomic mass is 9.92. The number of aryl methyl sites for hydroxylation is 1. The number of carboxylic acids is 1. The SMILES string of the molecule is Cc1c(-c2ccc(C(=O)O)cc2)cc(N)c2c[nH+]c3ccc(N)cc3c12.[Cl-]. The molecule has 0 atom stereocenters. The van der Waals surface area contributed by atoms with Crippen LogP contribution < -0.4 is 28.9 Å². The monoisotopic (exact) mass is 379 g/mol. The normalized spacial score (nSPS) is 10.7. The summed E-state index contributed by atoms with van der Waals surface area (Å²) >= 11 is 0. The lowest BCUT2D eigenvalue weighted by Gasteiger charge is -2.13. The fourth-order valence-corrected chi connectivity index (χ4v) is 3.46. The van der Waals surface area contributed by atoms with E-state index in [0.29, 0.717) is 11.4 Å². The summed E-state index contributed by atoms with van der Waals surface area (Å²) in [6.07, 6.45) is 1.91. The van der Waals surface area contributed by atoms with E-state index in [1.165, 1.54) is 0 Å². The number of aromatic nitrogens is 1. The molecule has 0 spiro atoms. The number of H-pyrrole nitrogens is 1. The summed E-state index contributed by atoms with van der Waals surface area (Å²) < 4.78 is 0. The fraction of sp³-hybridized carbons (Fsp3) is 0.0476. The maximum absolute atomic E-state index is 11.1. The number of carboxylic acid groups (broad SMARTS) is 1. The summed E-state index contributed by atoms with van der Waals surface area (Å²) in [4.78, 5) is 14.4. The van der Waals surface area contributed by atoms with Gasteiger partial charge in [0.2, 0.25) is 5.52 Å². The van der Waals surface area contributed by atoms with Crippen LogP contribution in [0.3, 0.4) is 0 Å². The first kappa shape index (κ1) is 18.5. The smallest absolute Gasteiger partial charge is 0.335 e. The highest BCUT2D eigenvalue weighted by molar-refractivity contribution is 6.12. The van der Waals surface area contributed by atoms with Crippen LogP contribution in [0.25, 0.3) is 32.8 Å². The third kappa shape index (κ3) is 3.02. The zero-order valence-corrected chi connectivity index (χ0v) is 15.3. The second kappa shape index (κ2) is 6.78. The van der Waals surface area contributed by atoms with Crippen molar-refractivity contribution in [1.82, 2.24) is 0 Å². The summed E-state index contributed by atoms with van der Waals surface area (Å²) in [5, 5.41) is 12.1. The van der Waals surface area contributed by atoms with Crippen LogP contribution in [-0.2, 0) is 0 Å². The predicted octanol–water partition coefficient (Wildman–Crippen LogP) is 0.649. The molecule has 0 unspecified atom stereocenters. The number of fused-ring (bicyclic) bond motifs is 3. The van der Waals surface area contributed by atoms with Gasteiger partial charge in [-0.05, 0) is 53.9 Å². The van der Waals surface area contributed by atoms with Crippen molar-refractivity contribution in [3.8, 4) is 11.1 Å². The minimum Gasteiger partial charge on any atom is -1.00 e. The molecule has 1 heterocycles. The number of rotatable bonds is 2. The van der Waals surface area contributed by atoms with Crippen LogP contribution in [0, 0.1) is 6.92 Å². The van der Waals surface area contributed by atoms with Crippen molar-refractivity contribution < 1.29 is 27.3 Å². The number of hydrogen-bond donors (Lipinski definition) is 3. The van der Waals surface area contributed by atoms with E-state index in [1.807, 2.05) is 49.5 Å². The molecular weight excluding hydrogens is 362 g/mol. The third-order valence-corrected chi connectivity index (χ3v) is 4.79. The zero-order chi connectivity index (χ0) is 18.4. The molecule has 0 bridgehead atoms. The number of benzene rings is 3. The van der Waals surface area contributed by atoms with Crippen LogP contribution in [0.2, 0.25) is 0 Å². The maximum Gasteiger partial charge on any atom is 0.335 e. The van der Waals surface area contributed by atoms with Crippen LogP contribution in [0.5, 0.6) is 0 Å². The van der Waals surface area contributed by atoms with E-state index < -0.39 is 5.97 Å². The van der Waals surface area contributed by atoms with Crippen LogP contribution in [0.15, 0.2) is 54.7 Å². The van der Waals surface area contributed by atoms with E-state index in [1.54, 1.807) is 12.1 Å². The number of aromatic carboxylic acids is 1. The van der Waals surface area contributed by atoms with Crippen molar-refractivity contribution in [1.29, 1.82) is 0 Å². The zero-order valence-electron chi connectivity index (χ0n) is 14.6. The summed E-state index contributed by atoms with van der Waals surface area (Å²) in [7, 11) is 0. The second-order valence-electron chi connectivity index (χ2n) is 6.40. The van der Waals surface area contributed by atoms with Crippen molar-refractivity contribution in [3.05, 3.63) is 65.9 Å². The largest absolute Gasteiger partial charge is 1.00 e. The van der Waals surface area contributed by atoms with E-state index in [4.69, 9.17) is 16.6 Å². The Morgan fingerprint density at radius 3 is 2.37 bits per heavy atom. The molecule has 0 radical (unpaired) electrons. The van der Waals surface area contributed by atoms with Gasteiger partial charge in [0.1, 0.15) is 0 Å². The molecule has 0 aliphatic heterocycles. The first-order valence-electron chi connectivity index (χ1n) is 8.22. The van der Waals surface area contributed by atoms with Gasteiger partial charge in [-0.25, -0.2) is 9.78 Å². The molecule has 0 fully saturated rings. The van der Waals surface area contributed by atoms with Gasteiger partial charge in [0.25, 0.3) is 0 Å². The number of carbonyl (C=O) groups is 1. The number of nitrogens with one attached hydrogen (secondary N) is 1. The number of halogens is 1.